The van der Waals surface area contributed by atoms with Gasteiger partial charge in [-0.2, -0.15) is 0 Å². The van der Waals surface area contributed by atoms with Crippen LogP contribution < -0.4 is 0 Å². The average molecular weight is 489 g/mol. The lowest BCUT2D eigenvalue weighted by Crippen LogP contribution is -2.53. The van der Waals surface area contributed by atoms with Crippen LogP contribution in [0.3, 0.4) is 0 Å². The Bertz CT molecular complexity index is 927. The summed E-state index contributed by atoms with van der Waals surface area (Å²) >= 11 is 0. The molecule has 6 bridgehead atoms. The third kappa shape index (κ3) is 3.45. The van der Waals surface area contributed by atoms with E-state index in [1.807, 2.05) is 6.92 Å². The van der Waals surface area contributed by atoms with Crippen LogP contribution >= 0.6 is 0 Å². The number of rotatable bonds is 7. The molecular formula is C27H36O8. The van der Waals surface area contributed by atoms with Gasteiger partial charge in [-0.15, -0.1) is 0 Å². The summed E-state index contributed by atoms with van der Waals surface area (Å²) in [5.74, 6) is -0.142. The van der Waals surface area contributed by atoms with Gasteiger partial charge in [-0.25, -0.2) is 4.79 Å². The van der Waals surface area contributed by atoms with Crippen molar-refractivity contribution >= 4 is 23.9 Å². The molecule has 7 fully saturated rings. The van der Waals surface area contributed by atoms with E-state index in [0.29, 0.717) is 31.1 Å². The molecule has 0 aromatic rings. The summed E-state index contributed by atoms with van der Waals surface area (Å²) < 4.78 is 22.6. The zero-order valence-corrected chi connectivity index (χ0v) is 20.8. The van der Waals surface area contributed by atoms with Crippen molar-refractivity contribution in [2.24, 2.45) is 46.3 Å². The monoisotopic (exact) mass is 488 g/mol. The SMILES string of the molecule is CCC(C)(C)C(=O)OCC(=O)OC1C2CC3C1OC(=O)C3(C(=O)OC1C3CC4CC(C3)CC1C4)C2. The highest BCUT2D eigenvalue weighted by Gasteiger charge is 2.75. The summed E-state index contributed by atoms with van der Waals surface area (Å²) in [6.45, 7) is 4.92. The van der Waals surface area contributed by atoms with E-state index in [0.717, 1.165) is 37.5 Å². The maximum atomic E-state index is 13.6. The summed E-state index contributed by atoms with van der Waals surface area (Å²) in [4.78, 5) is 51.2. The number of hydrogen-bond acceptors (Lipinski definition) is 8. The van der Waals surface area contributed by atoms with Crippen molar-refractivity contribution in [3.8, 4) is 0 Å². The van der Waals surface area contributed by atoms with Crippen LogP contribution in [0.5, 0.6) is 0 Å². The Labute approximate surface area is 205 Å². The fourth-order valence-corrected chi connectivity index (χ4v) is 8.38. The molecule has 8 heteroatoms. The fraction of sp³-hybridized carbons (Fsp3) is 0.852. The second kappa shape index (κ2) is 7.94. The Morgan fingerprint density at radius 2 is 1.60 bits per heavy atom. The van der Waals surface area contributed by atoms with Crippen molar-refractivity contribution in [3.05, 3.63) is 0 Å². The average Bonchev–Trinajstić information content (AvgIpc) is 3.42. The standard InChI is InChI=1S/C27H36O8/c1-4-26(2,3)23(29)32-12-19(28)33-21-17-10-18-22(21)35-25(31)27(18,11-17)24(30)34-20-15-6-13-5-14(8-15)9-16(20)7-13/h13-18,20-22H,4-12H2,1-3H3. The summed E-state index contributed by atoms with van der Waals surface area (Å²) in [5, 5.41) is 0. The van der Waals surface area contributed by atoms with Crippen LogP contribution in [0.25, 0.3) is 0 Å². The highest BCUT2D eigenvalue weighted by atomic mass is 16.6. The number of fused-ring (bicyclic) bond motifs is 1. The van der Waals surface area contributed by atoms with Crippen LogP contribution in [-0.2, 0) is 38.1 Å². The Kier molecular flexibility index (Phi) is 5.28. The second-order valence-corrected chi connectivity index (χ2v) is 12.7. The molecule has 8 nitrogen and oxygen atoms in total. The first-order valence-corrected chi connectivity index (χ1v) is 13.4. The molecule has 5 atom stereocenters. The van der Waals surface area contributed by atoms with Gasteiger partial charge in [0.25, 0.3) is 0 Å². The van der Waals surface area contributed by atoms with E-state index in [2.05, 4.69) is 0 Å². The molecule has 1 saturated heterocycles. The van der Waals surface area contributed by atoms with Gasteiger partial charge < -0.3 is 18.9 Å². The third-order valence-electron chi connectivity index (χ3n) is 10.3. The van der Waals surface area contributed by atoms with Crippen molar-refractivity contribution in [2.75, 3.05) is 6.61 Å². The minimum atomic E-state index is -1.26. The largest absolute Gasteiger partial charge is 0.461 e. The Morgan fingerprint density at radius 3 is 2.23 bits per heavy atom. The van der Waals surface area contributed by atoms with Gasteiger partial charge >= 0.3 is 23.9 Å². The molecule has 0 N–H and O–H groups in total. The molecule has 0 radical (unpaired) electrons. The molecule has 35 heavy (non-hydrogen) atoms. The maximum Gasteiger partial charge on any atom is 0.344 e. The lowest BCUT2D eigenvalue weighted by Gasteiger charge is -2.53. The maximum absolute atomic E-state index is 13.6. The van der Waals surface area contributed by atoms with Crippen molar-refractivity contribution in [1.82, 2.24) is 0 Å². The van der Waals surface area contributed by atoms with Gasteiger partial charge in [0.2, 0.25) is 0 Å². The number of carbonyl (C=O) groups is 4. The predicted molar refractivity (Wildman–Crippen MR) is 120 cm³/mol. The fourth-order valence-electron chi connectivity index (χ4n) is 8.38. The number of carbonyl (C=O) groups excluding carboxylic acids is 4. The molecule has 1 aliphatic heterocycles. The Hall–Kier alpha value is -2.12. The van der Waals surface area contributed by atoms with Crippen molar-refractivity contribution in [2.45, 2.75) is 90.4 Å². The molecular weight excluding hydrogens is 452 g/mol. The van der Waals surface area contributed by atoms with Gasteiger partial charge in [-0.1, -0.05) is 6.92 Å². The van der Waals surface area contributed by atoms with Crippen LogP contribution in [0, 0.1) is 46.3 Å². The molecule has 6 aliphatic carbocycles. The normalized spacial score (nSPS) is 44.3. The van der Waals surface area contributed by atoms with Crippen LogP contribution in [0.1, 0.15) is 72.1 Å². The predicted octanol–water partition coefficient (Wildman–Crippen LogP) is 3.20. The van der Waals surface area contributed by atoms with Gasteiger partial charge in [0.05, 0.1) is 5.41 Å². The lowest BCUT2D eigenvalue weighted by atomic mass is 9.55. The van der Waals surface area contributed by atoms with E-state index < -0.39 is 53.5 Å². The Morgan fingerprint density at radius 1 is 0.943 bits per heavy atom. The third-order valence-corrected chi connectivity index (χ3v) is 10.3. The zero-order valence-electron chi connectivity index (χ0n) is 20.8. The number of esters is 4. The number of ether oxygens (including phenoxy) is 4. The molecule has 0 spiro atoms. The van der Waals surface area contributed by atoms with Gasteiger partial charge in [0.15, 0.2) is 12.0 Å². The van der Waals surface area contributed by atoms with Crippen molar-refractivity contribution in [1.29, 1.82) is 0 Å². The van der Waals surface area contributed by atoms with Crippen LogP contribution in [0.2, 0.25) is 0 Å². The van der Waals surface area contributed by atoms with E-state index in [1.165, 1.54) is 6.42 Å². The van der Waals surface area contributed by atoms with E-state index in [9.17, 15) is 19.2 Å². The van der Waals surface area contributed by atoms with E-state index in [-0.39, 0.29) is 17.9 Å². The summed E-state index contributed by atoms with van der Waals surface area (Å²) in [5.41, 5.74) is -1.94. The highest BCUT2D eigenvalue weighted by molar-refractivity contribution is 6.03. The van der Waals surface area contributed by atoms with E-state index in [4.69, 9.17) is 18.9 Å². The molecule has 192 valence electrons. The van der Waals surface area contributed by atoms with Gasteiger partial charge in [0.1, 0.15) is 18.3 Å². The van der Waals surface area contributed by atoms with Crippen molar-refractivity contribution < 1.29 is 38.1 Å². The molecule has 1 heterocycles. The van der Waals surface area contributed by atoms with Gasteiger partial charge in [-0.05, 0) is 88.9 Å². The lowest BCUT2D eigenvalue weighted by molar-refractivity contribution is -0.186. The Balaban J connectivity index is 1.09. The first kappa shape index (κ1) is 23.3. The zero-order chi connectivity index (χ0) is 24.7. The molecule has 0 amide bonds. The van der Waals surface area contributed by atoms with Crippen molar-refractivity contribution in [3.63, 3.8) is 0 Å². The van der Waals surface area contributed by atoms with Gasteiger partial charge in [0, 0.05) is 11.8 Å². The molecule has 7 rings (SSSR count). The summed E-state index contributed by atoms with van der Waals surface area (Å²) in [6, 6.07) is 0. The molecule has 6 saturated carbocycles. The van der Waals surface area contributed by atoms with Gasteiger partial charge in [-0.3, -0.25) is 14.4 Å². The summed E-state index contributed by atoms with van der Waals surface area (Å²) in [6.07, 6.45) is 6.00. The number of hydrogen-bond donors (Lipinski definition) is 0. The first-order valence-electron chi connectivity index (χ1n) is 13.4. The smallest absolute Gasteiger partial charge is 0.344 e. The first-order chi connectivity index (χ1) is 16.6. The van der Waals surface area contributed by atoms with Crippen LogP contribution in [0.4, 0.5) is 0 Å². The topological polar surface area (TPSA) is 105 Å². The molecule has 0 aromatic heterocycles. The van der Waals surface area contributed by atoms with E-state index in [1.54, 1.807) is 13.8 Å². The highest BCUT2D eigenvalue weighted by Crippen LogP contribution is 2.63. The minimum Gasteiger partial charge on any atom is -0.461 e. The molecule has 0 aromatic carbocycles. The van der Waals surface area contributed by atoms with Crippen LogP contribution in [0.15, 0.2) is 0 Å². The second-order valence-electron chi connectivity index (χ2n) is 12.7. The minimum absolute atomic E-state index is 0.0775. The molecule has 7 aliphatic rings. The quantitative estimate of drug-likeness (QED) is 0.306. The van der Waals surface area contributed by atoms with Crippen LogP contribution in [-0.4, -0.2) is 48.8 Å². The summed E-state index contributed by atoms with van der Waals surface area (Å²) in [7, 11) is 0. The van der Waals surface area contributed by atoms with E-state index >= 15 is 0 Å². The molecule has 5 unspecified atom stereocenters.